The Bertz CT molecular complexity index is 794. The van der Waals surface area contributed by atoms with Crippen molar-refractivity contribution in [3.8, 4) is 0 Å². The highest BCUT2D eigenvalue weighted by atomic mass is 19.4. The molecule has 0 saturated heterocycles. The third kappa shape index (κ3) is 3.20. The van der Waals surface area contributed by atoms with Gasteiger partial charge in [0, 0.05) is 24.0 Å². The van der Waals surface area contributed by atoms with Gasteiger partial charge in [-0.05, 0) is 36.6 Å². The summed E-state index contributed by atoms with van der Waals surface area (Å²) in [4.78, 5) is 13.7. The molecule has 0 radical (unpaired) electrons. The number of hydrogen-bond donors (Lipinski definition) is 0. The zero-order chi connectivity index (χ0) is 17.3. The molecule has 2 aromatic carbocycles. The number of carbonyl (C=O) groups is 1. The molecule has 0 aliphatic carbocycles. The van der Waals surface area contributed by atoms with Gasteiger partial charge < -0.3 is 4.90 Å². The number of allylic oxidation sites excluding steroid dienone is 1. The van der Waals surface area contributed by atoms with Gasteiger partial charge in [0.1, 0.15) is 0 Å². The first-order valence-electron chi connectivity index (χ1n) is 7.61. The lowest BCUT2D eigenvalue weighted by atomic mass is 10.0. The third-order valence-corrected chi connectivity index (χ3v) is 4.09. The number of anilines is 1. The van der Waals surface area contributed by atoms with Crippen LogP contribution in [0.4, 0.5) is 18.9 Å². The maximum atomic E-state index is 13.0. The molecule has 24 heavy (non-hydrogen) atoms. The van der Waals surface area contributed by atoms with E-state index in [1.807, 2.05) is 30.3 Å². The van der Waals surface area contributed by atoms with Crippen molar-refractivity contribution in [3.05, 3.63) is 71.4 Å². The minimum absolute atomic E-state index is 0.123. The van der Waals surface area contributed by atoms with Gasteiger partial charge in [0.05, 0.1) is 5.56 Å². The molecular formula is C19H16F3NO. The van der Waals surface area contributed by atoms with Crippen molar-refractivity contribution in [2.24, 2.45) is 0 Å². The normalized spacial score (nSPS) is 14.7. The fourth-order valence-corrected chi connectivity index (χ4v) is 2.86. The van der Waals surface area contributed by atoms with Crippen LogP contribution in [0.15, 0.2) is 54.7 Å². The van der Waals surface area contributed by atoms with E-state index in [0.717, 1.165) is 23.3 Å². The van der Waals surface area contributed by atoms with Crippen LogP contribution >= 0.6 is 0 Å². The van der Waals surface area contributed by atoms with Crippen LogP contribution in [0.1, 0.15) is 23.6 Å². The number of nitrogens with zero attached hydrogens (tertiary/aromatic N) is 1. The van der Waals surface area contributed by atoms with Crippen LogP contribution in [-0.2, 0) is 17.4 Å². The van der Waals surface area contributed by atoms with Crippen LogP contribution in [0.3, 0.4) is 0 Å². The van der Waals surface area contributed by atoms with Gasteiger partial charge in [0.25, 0.3) is 0 Å². The lowest BCUT2D eigenvalue weighted by Gasteiger charge is -2.18. The van der Waals surface area contributed by atoms with E-state index in [-0.39, 0.29) is 5.78 Å². The summed E-state index contributed by atoms with van der Waals surface area (Å²) in [6.07, 6.45) is -2.07. The Labute approximate surface area is 138 Å². The predicted molar refractivity (Wildman–Crippen MR) is 87.6 cm³/mol. The van der Waals surface area contributed by atoms with Crippen molar-refractivity contribution in [2.75, 3.05) is 11.4 Å². The largest absolute Gasteiger partial charge is 0.416 e. The van der Waals surface area contributed by atoms with Gasteiger partial charge in [-0.3, -0.25) is 4.79 Å². The lowest BCUT2D eigenvalue weighted by molar-refractivity contribution is -0.137. The van der Waals surface area contributed by atoms with Crippen LogP contribution in [0.25, 0.3) is 5.57 Å². The number of fused-ring (bicyclic) bond motifs is 1. The van der Waals surface area contributed by atoms with E-state index in [9.17, 15) is 18.0 Å². The number of Topliss-reactive ketones (excluding diaryl/α,β-unsaturated/α-hetero) is 1. The molecule has 1 aliphatic rings. The van der Waals surface area contributed by atoms with E-state index in [0.29, 0.717) is 24.2 Å². The molecule has 2 nitrogen and oxygen atoms in total. The summed E-state index contributed by atoms with van der Waals surface area (Å²) in [6, 6.07) is 12.9. The SMILES string of the molecule is CC(=O)/C(=C\N1CCc2ccc(C(F)(F)F)cc21)c1ccccc1. The second-order valence-corrected chi connectivity index (χ2v) is 5.75. The van der Waals surface area contributed by atoms with Gasteiger partial charge in [-0.25, -0.2) is 0 Å². The average Bonchev–Trinajstić information content (AvgIpc) is 2.94. The van der Waals surface area contributed by atoms with E-state index in [4.69, 9.17) is 0 Å². The quantitative estimate of drug-likeness (QED) is 0.760. The van der Waals surface area contributed by atoms with Gasteiger partial charge in [-0.1, -0.05) is 36.4 Å². The summed E-state index contributed by atoms with van der Waals surface area (Å²) in [5.41, 5.74) is 1.94. The highest BCUT2D eigenvalue weighted by Crippen LogP contribution is 2.36. The van der Waals surface area contributed by atoms with Crippen molar-refractivity contribution in [3.63, 3.8) is 0 Å². The highest BCUT2D eigenvalue weighted by molar-refractivity contribution is 6.19. The number of ketones is 1. The van der Waals surface area contributed by atoms with E-state index < -0.39 is 11.7 Å². The lowest BCUT2D eigenvalue weighted by Crippen LogP contribution is -2.15. The Hall–Kier alpha value is -2.56. The molecule has 1 heterocycles. The summed E-state index contributed by atoms with van der Waals surface area (Å²) >= 11 is 0. The monoisotopic (exact) mass is 331 g/mol. The molecule has 1 aliphatic heterocycles. The van der Waals surface area contributed by atoms with E-state index in [2.05, 4.69) is 0 Å². The first-order chi connectivity index (χ1) is 11.4. The topological polar surface area (TPSA) is 20.3 Å². The molecule has 0 unspecified atom stereocenters. The zero-order valence-electron chi connectivity index (χ0n) is 13.1. The van der Waals surface area contributed by atoms with Crippen LogP contribution in [0.2, 0.25) is 0 Å². The summed E-state index contributed by atoms with van der Waals surface area (Å²) in [5, 5.41) is 0. The van der Waals surface area contributed by atoms with Crippen LogP contribution in [0.5, 0.6) is 0 Å². The number of rotatable bonds is 3. The van der Waals surface area contributed by atoms with Crippen molar-refractivity contribution in [2.45, 2.75) is 19.5 Å². The summed E-state index contributed by atoms with van der Waals surface area (Å²) in [7, 11) is 0. The Balaban J connectivity index is 2.02. The summed E-state index contributed by atoms with van der Waals surface area (Å²) in [5.74, 6) is -0.123. The van der Waals surface area contributed by atoms with Crippen molar-refractivity contribution in [1.82, 2.24) is 0 Å². The number of halogens is 3. The summed E-state index contributed by atoms with van der Waals surface area (Å²) < 4.78 is 38.9. The average molecular weight is 331 g/mol. The molecule has 0 aromatic heterocycles. The molecule has 5 heteroatoms. The Morgan fingerprint density at radius 1 is 1.12 bits per heavy atom. The predicted octanol–water partition coefficient (Wildman–Crippen LogP) is 4.70. The van der Waals surface area contributed by atoms with Gasteiger partial charge >= 0.3 is 6.18 Å². The van der Waals surface area contributed by atoms with Gasteiger partial charge in [-0.15, -0.1) is 0 Å². The highest BCUT2D eigenvalue weighted by Gasteiger charge is 2.32. The maximum Gasteiger partial charge on any atom is 0.416 e. The van der Waals surface area contributed by atoms with Crippen LogP contribution in [0, 0.1) is 0 Å². The van der Waals surface area contributed by atoms with Crippen LogP contribution < -0.4 is 4.90 Å². The molecule has 0 N–H and O–H groups in total. The second kappa shape index (κ2) is 6.15. The number of alkyl halides is 3. The fourth-order valence-electron chi connectivity index (χ4n) is 2.86. The van der Waals surface area contributed by atoms with Crippen LogP contribution in [-0.4, -0.2) is 12.3 Å². The summed E-state index contributed by atoms with van der Waals surface area (Å²) in [6.45, 7) is 2.02. The smallest absolute Gasteiger partial charge is 0.347 e. The van der Waals surface area contributed by atoms with Crippen molar-refractivity contribution >= 4 is 17.0 Å². The molecule has 0 fully saturated rings. The number of benzene rings is 2. The fraction of sp³-hybridized carbons (Fsp3) is 0.211. The third-order valence-electron chi connectivity index (χ3n) is 4.09. The standard InChI is InChI=1S/C19H16F3NO/c1-13(24)17(14-5-3-2-4-6-14)12-23-10-9-15-7-8-16(11-18(15)23)19(20,21)22/h2-8,11-12H,9-10H2,1H3/b17-12+. The van der Waals surface area contributed by atoms with Crippen molar-refractivity contribution < 1.29 is 18.0 Å². The van der Waals surface area contributed by atoms with E-state index in [1.54, 1.807) is 11.1 Å². The molecule has 2 aromatic rings. The minimum atomic E-state index is -4.38. The number of carbonyl (C=O) groups excluding carboxylic acids is 1. The van der Waals surface area contributed by atoms with E-state index in [1.165, 1.54) is 13.0 Å². The molecule has 3 rings (SSSR count). The molecule has 0 atom stereocenters. The maximum absolute atomic E-state index is 13.0. The molecule has 0 amide bonds. The second-order valence-electron chi connectivity index (χ2n) is 5.75. The Morgan fingerprint density at radius 2 is 1.83 bits per heavy atom. The van der Waals surface area contributed by atoms with Gasteiger partial charge in [0.15, 0.2) is 5.78 Å². The molecule has 0 bridgehead atoms. The molecule has 0 spiro atoms. The number of hydrogen-bond acceptors (Lipinski definition) is 2. The molecular weight excluding hydrogens is 315 g/mol. The van der Waals surface area contributed by atoms with E-state index >= 15 is 0 Å². The first kappa shape index (κ1) is 16.3. The Kier molecular flexibility index (Phi) is 4.18. The Morgan fingerprint density at radius 3 is 2.46 bits per heavy atom. The molecule has 0 saturated carbocycles. The van der Waals surface area contributed by atoms with Crippen molar-refractivity contribution in [1.29, 1.82) is 0 Å². The minimum Gasteiger partial charge on any atom is -0.347 e. The zero-order valence-corrected chi connectivity index (χ0v) is 13.1. The van der Waals surface area contributed by atoms with Gasteiger partial charge in [-0.2, -0.15) is 13.2 Å². The first-order valence-corrected chi connectivity index (χ1v) is 7.61. The van der Waals surface area contributed by atoms with Gasteiger partial charge in [0.2, 0.25) is 0 Å². The molecule has 124 valence electrons.